The van der Waals surface area contributed by atoms with E-state index in [4.69, 9.17) is 4.42 Å². The molecule has 3 rings (SSSR count). The summed E-state index contributed by atoms with van der Waals surface area (Å²) in [4.78, 5) is 6.21. The van der Waals surface area contributed by atoms with E-state index in [1.165, 1.54) is 5.56 Å². The molecule has 5 nitrogen and oxygen atoms in total. The molecule has 0 saturated carbocycles. The first-order chi connectivity index (χ1) is 11.2. The summed E-state index contributed by atoms with van der Waals surface area (Å²) < 4.78 is 5.80. The molecule has 0 saturated heterocycles. The van der Waals surface area contributed by atoms with Gasteiger partial charge in [0.1, 0.15) is 0 Å². The Bertz CT molecular complexity index is 754. The van der Waals surface area contributed by atoms with Crippen LogP contribution in [-0.4, -0.2) is 33.7 Å². The van der Waals surface area contributed by atoms with E-state index in [-0.39, 0.29) is 0 Å². The molecule has 0 amide bonds. The van der Waals surface area contributed by atoms with Gasteiger partial charge < -0.3 is 4.42 Å². The SMILES string of the molecule is Cc1ccccc1-c1nnc(CN(C)CCc2ccncc2)o1. The number of hydrogen-bond acceptors (Lipinski definition) is 5. The van der Waals surface area contributed by atoms with Crippen molar-refractivity contribution in [3.63, 3.8) is 0 Å². The van der Waals surface area contributed by atoms with Crippen molar-refractivity contribution in [2.45, 2.75) is 19.9 Å². The van der Waals surface area contributed by atoms with Gasteiger partial charge in [-0.15, -0.1) is 10.2 Å². The van der Waals surface area contributed by atoms with Crippen LogP contribution in [0.4, 0.5) is 0 Å². The maximum atomic E-state index is 5.80. The van der Waals surface area contributed by atoms with Gasteiger partial charge in [-0.3, -0.25) is 9.88 Å². The van der Waals surface area contributed by atoms with E-state index in [0.29, 0.717) is 18.3 Å². The lowest BCUT2D eigenvalue weighted by atomic mass is 10.1. The molecule has 23 heavy (non-hydrogen) atoms. The van der Waals surface area contributed by atoms with Crippen molar-refractivity contribution in [1.82, 2.24) is 20.1 Å². The van der Waals surface area contributed by atoms with Crippen LogP contribution in [0.25, 0.3) is 11.5 Å². The minimum Gasteiger partial charge on any atom is -0.419 e. The van der Waals surface area contributed by atoms with Gasteiger partial charge >= 0.3 is 0 Å². The average Bonchev–Trinajstić information content (AvgIpc) is 3.02. The second-order valence-corrected chi connectivity index (χ2v) is 5.66. The van der Waals surface area contributed by atoms with Crippen molar-refractivity contribution >= 4 is 0 Å². The van der Waals surface area contributed by atoms with Crippen LogP contribution in [0.15, 0.2) is 53.2 Å². The topological polar surface area (TPSA) is 55.1 Å². The van der Waals surface area contributed by atoms with Crippen molar-refractivity contribution in [1.29, 1.82) is 0 Å². The Morgan fingerprint density at radius 1 is 1.04 bits per heavy atom. The van der Waals surface area contributed by atoms with E-state index in [2.05, 4.69) is 27.1 Å². The van der Waals surface area contributed by atoms with Crippen LogP contribution >= 0.6 is 0 Å². The summed E-state index contributed by atoms with van der Waals surface area (Å²) in [6.07, 6.45) is 4.61. The van der Waals surface area contributed by atoms with Crippen molar-refractivity contribution in [3.05, 3.63) is 65.8 Å². The number of hydrogen-bond donors (Lipinski definition) is 0. The minimum atomic E-state index is 0.584. The maximum Gasteiger partial charge on any atom is 0.248 e. The van der Waals surface area contributed by atoms with Crippen molar-refractivity contribution < 1.29 is 4.42 Å². The lowest BCUT2D eigenvalue weighted by Gasteiger charge is -2.13. The number of benzene rings is 1. The highest BCUT2D eigenvalue weighted by molar-refractivity contribution is 5.57. The second kappa shape index (κ2) is 7.15. The fourth-order valence-electron chi connectivity index (χ4n) is 2.42. The average molecular weight is 308 g/mol. The zero-order valence-corrected chi connectivity index (χ0v) is 13.4. The van der Waals surface area contributed by atoms with Crippen LogP contribution in [0.1, 0.15) is 17.0 Å². The monoisotopic (exact) mass is 308 g/mol. The lowest BCUT2D eigenvalue weighted by Crippen LogP contribution is -2.20. The summed E-state index contributed by atoms with van der Waals surface area (Å²) in [6.45, 7) is 3.61. The standard InChI is InChI=1S/C18H20N4O/c1-14-5-3-4-6-16(14)18-21-20-17(23-18)13-22(2)12-9-15-7-10-19-11-8-15/h3-8,10-11H,9,12-13H2,1-2H3. The summed E-state index contributed by atoms with van der Waals surface area (Å²) >= 11 is 0. The van der Waals surface area contributed by atoms with Crippen molar-refractivity contribution in [3.8, 4) is 11.5 Å². The molecule has 118 valence electrons. The number of aryl methyl sites for hydroxylation is 1. The molecule has 0 aliphatic carbocycles. The van der Waals surface area contributed by atoms with Crippen molar-refractivity contribution in [2.75, 3.05) is 13.6 Å². The van der Waals surface area contributed by atoms with E-state index in [1.54, 1.807) is 0 Å². The number of likely N-dealkylation sites (N-methyl/N-ethyl adjacent to an activating group) is 1. The van der Waals surface area contributed by atoms with E-state index in [1.807, 2.05) is 55.7 Å². The first kappa shape index (κ1) is 15.4. The fourth-order valence-corrected chi connectivity index (χ4v) is 2.42. The van der Waals surface area contributed by atoms with Gasteiger partial charge in [-0.25, -0.2) is 0 Å². The Kier molecular flexibility index (Phi) is 4.78. The predicted octanol–water partition coefficient (Wildman–Crippen LogP) is 3.11. The quantitative estimate of drug-likeness (QED) is 0.700. The molecule has 0 unspecified atom stereocenters. The number of rotatable bonds is 6. The van der Waals surface area contributed by atoms with Crippen LogP contribution in [0.3, 0.4) is 0 Å². The highest BCUT2D eigenvalue weighted by atomic mass is 16.4. The minimum absolute atomic E-state index is 0.584. The van der Waals surface area contributed by atoms with Gasteiger partial charge in [0.25, 0.3) is 0 Å². The van der Waals surface area contributed by atoms with E-state index in [0.717, 1.165) is 24.1 Å². The first-order valence-corrected chi connectivity index (χ1v) is 7.68. The maximum absolute atomic E-state index is 5.80. The Hall–Kier alpha value is -2.53. The summed E-state index contributed by atoms with van der Waals surface area (Å²) in [6, 6.07) is 12.1. The largest absolute Gasteiger partial charge is 0.419 e. The second-order valence-electron chi connectivity index (χ2n) is 5.66. The molecule has 0 fully saturated rings. The molecule has 0 spiro atoms. The summed E-state index contributed by atoms with van der Waals surface area (Å²) in [7, 11) is 2.05. The molecule has 0 N–H and O–H groups in total. The van der Waals surface area contributed by atoms with Crippen LogP contribution < -0.4 is 0 Å². The zero-order valence-electron chi connectivity index (χ0n) is 13.4. The third-order valence-corrected chi connectivity index (χ3v) is 3.78. The summed E-state index contributed by atoms with van der Waals surface area (Å²) in [5.74, 6) is 1.22. The molecule has 2 aromatic heterocycles. The predicted molar refractivity (Wildman–Crippen MR) is 88.7 cm³/mol. The third kappa shape index (κ3) is 4.02. The van der Waals surface area contributed by atoms with Gasteiger partial charge in [-0.05, 0) is 49.7 Å². The van der Waals surface area contributed by atoms with Gasteiger partial charge in [-0.1, -0.05) is 18.2 Å². The van der Waals surface area contributed by atoms with Gasteiger partial charge in [0.15, 0.2) is 0 Å². The molecule has 1 aromatic carbocycles. The normalized spacial score (nSPS) is 11.1. The van der Waals surface area contributed by atoms with Gasteiger partial charge in [0.2, 0.25) is 11.8 Å². The smallest absolute Gasteiger partial charge is 0.248 e. The van der Waals surface area contributed by atoms with Crippen LogP contribution in [0, 0.1) is 6.92 Å². The first-order valence-electron chi connectivity index (χ1n) is 7.68. The molecule has 2 heterocycles. The Morgan fingerprint density at radius 2 is 1.83 bits per heavy atom. The Balaban J connectivity index is 1.59. The third-order valence-electron chi connectivity index (χ3n) is 3.78. The molecule has 0 radical (unpaired) electrons. The highest BCUT2D eigenvalue weighted by Crippen LogP contribution is 2.21. The summed E-state index contributed by atoms with van der Waals surface area (Å²) in [5, 5.41) is 8.33. The van der Waals surface area contributed by atoms with Crippen LogP contribution in [-0.2, 0) is 13.0 Å². The van der Waals surface area contributed by atoms with Crippen molar-refractivity contribution in [2.24, 2.45) is 0 Å². The number of aromatic nitrogens is 3. The zero-order chi connectivity index (χ0) is 16.1. The molecule has 0 aliphatic heterocycles. The van der Waals surface area contributed by atoms with Crippen LogP contribution in [0.2, 0.25) is 0 Å². The molecule has 3 aromatic rings. The summed E-state index contributed by atoms with van der Waals surface area (Å²) in [5.41, 5.74) is 3.40. The Labute approximate surface area is 136 Å². The molecular formula is C18H20N4O. The Morgan fingerprint density at radius 3 is 2.61 bits per heavy atom. The molecule has 0 aliphatic rings. The lowest BCUT2D eigenvalue weighted by molar-refractivity contribution is 0.293. The van der Waals surface area contributed by atoms with E-state index >= 15 is 0 Å². The number of nitrogens with zero attached hydrogens (tertiary/aromatic N) is 4. The van der Waals surface area contributed by atoms with Gasteiger partial charge in [0, 0.05) is 24.5 Å². The highest BCUT2D eigenvalue weighted by Gasteiger charge is 2.12. The van der Waals surface area contributed by atoms with E-state index < -0.39 is 0 Å². The molecule has 0 atom stereocenters. The van der Waals surface area contributed by atoms with E-state index in [9.17, 15) is 0 Å². The van der Waals surface area contributed by atoms with Gasteiger partial charge in [-0.2, -0.15) is 0 Å². The van der Waals surface area contributed by atoms with Crippen LogP contribution in [0.5, 0.6) is 0 Å². The van der Waals surface area contributed by atoms with Gasteiger partial charge in [0.05, 0.1) is 6.54 Å². The number of pyridine rings is 1. The molecule has 0 bridgehead atoms. The molecular weight excluding hydrogens is 288 g/mol. The molecule has 5 heteroatoms. The fraction of sp³-hybridized carbons (Fsp3) is 0.278.